The smallest absolute Gasteiger partial charge is 0.272 e. The second-order valence-electron chi connectivity index (χ2n) is 3.95. The van der Waals surface area contributed by atoms with Crippen molar-refractivity contribution >= 4 is 39.1 Å². The minimum absolute atomic E-state index is 0.0145. The molecule has 0 atom stereocenters. The molecule has 2 aromatic rings. The fourth-order valence-corrected chi connectivity index (χ4v) is 2.35. The Hall–Kier alpha value is -1.46. The van der Waals surface area contributed by atoms with Crippen molar-refractivity contribution in [3.8, 4) is 5.75 Å². The molecule has 1 heterocycles. The van der Waals surface area contributed by atoms with E-state index in [1.54, 1.807) is 12.1 Å². The standard InChI is InChI=1S/C13H12BrClN2O2/c1-2-17-7-8(14)5-11(17)13(19)16-9-3-4-12(18)10(15)6-9/h3-7,18H,2H2,1H3,(H,16,19). The highest BCUT2D eigenvalue weighted by Gasteiger charge is 2.13. The van der Waals surface area contributed by atoms with Crippen LogP contribution in [0.2, 0.25) is 5.02 Å². The molecule has 4 nitrogen and oxygen atoms in total. The van der Waals surface area contributed by atoms with E-state index in [1.165, 1.54) is 12.1 Å². The summed E-state index contributed by atoms with van der Waals surface area (Å²) < 4.78 is 2.68. The van der Waals surface area contributed by atoms with Gasteiger partial charge in [-0.15, -0.1) is 0 Å². The Morgan fingerprint density at radius 2 is 2.21 bits per heavy atom. The number of rotatable bonds is 3. The Kier molecular flexibility index (Phi) is 4.17. The van der Waals surface area contributed by atoms with Crippen molar-refractivity contribution < 1.29 is 9.90 Å². The first kappa shape index (κ1) is 14.0. The molecule has 0 unspecified atom stereocenters. The number of phenolic OH excluding ortho intramolecular Hbond substituents is 1. The molecular weight excluding hydrogens is 332 g/mol. The Balaban J connectivity index is 2.22. The number of halogens is 2. The summed E-state index contributed by atoms with van der Waals surface area (Å²) in [6.07, 6.45) is 1.85. The number of anilines is 1. The van der Waals surface area contributed by atoms with Crippen molar-refractivity contribution in [1.82, 2.24) is 4.57 Å². The van der Waals surface area contributed by atoms with Crippen LogP contribution in [0.4, 0.5) is 5.69 Å². The Bertz CT molecular complexity index is 625. The number of benzene rings is 1. The van der Waals surface area contributed by atoms with Gasteiger partial charge in [0.15, 0.2) is 0 Å². The Morgan fingerprint density at radius 3 is 2.84 bits per heavy atom. The van der Waals surface area contributed by atoms with E-state index in [-0.39, 0.29) is 16.7 Å². The molecule has 0 saturated carbocycles. The third-order valence-corrected chi connectivity index (χ3v) is 3.38. The molecule has 0 fully saturated rings. The van der Waals surface area contributed by atoms with Crippen molar-refractivity contribution in [2.24, 2.45) is 0 Å². The largest absolute Gasteiger partial charge is 0.506 e. The number of hydrogen-bond acceptors (Lipinski definition) is 2. The number of amides is 1. The number of hydrogen-bond donors (Lipinski definition) is 2. The number of carbonyl (C=O) groups is 1. The van der Waals surface area contributed by atoms with Crippen LogP contribution < -0.4 is 5.32 Å². The predicted molar refractivity (Wildman–Crippen MR) is 78.9 cm³/mol. The zero-order valence-electron chi connectivity index (χ0n) is 10.2. The second-order valence-corrected chi connectivity index (χ2v) is 5.27. The minimum atomic E-state index is -0.227. The maximum atomic E-state index is 12.1. The number of aromatic hydroxyl groups is 1. The zero-order valence-corrected chi connectivity index (χ0v) is 12.5. The van der Waals surface area contributed by atoms with E-state index in [0.29, 0.717) is 17.9 Å². The number of nitrogens with one attached hydrogen (secondary N) is 1. The summed E-state index contributed by atoms with van der Waals surface area (Å²) in [6.45, 7) is 2.66. The molecule has 0 aliphatic heterocycles. The van der Waals surface area contributed by atoms with E-state index in [9.17, 15) is 9.90 Å². The van der Waals surface area contributed by atoms with Crippen LogP contribution >= 0.6 is 27.5 Å². The fraction of sp³-hybridized carbons (Fsp3) is 0.154. The number of phenols is 1. The highest BCUT2D eigenvalue weighted by Crippen LogP contribution is 2.26. The van der Waals surface area contributed by atoms with E-state index < -0.39 is 0 Å². The maximum absolute atomic E-state index is 12.1. The highest BCUT2D eigenvalue weighted by atomic mass is 79.9. The summed E-state index contributed by atoms with van der Waals surface area (Å²) in [4.78, 5) is 12.1. The first-order chi connectivity index (χ1) is 9.01. The SMILES string of the molecule is CCn1cc(Br)cc1C(=O)Nc1ccc(O)c(Cl)c1. The summed E-state index contributed by atoms with van der Waals surface area (Å²) >= 11 is 9.14. The summed E-state index contributed by atoms with van der Waals surface area (Å²) in [5.41, 5.74) is 1.09. The molecule has 0 aliphatic rings. The van der Waals surface area contributed by atoms with E-state index in [4.69, 9.17) is 11.6 Å². The molecule has 6 heteroatoms. The number of nitrogens with zero attached hydrogens (tertiary/aromatic N) is 1. The topological polar surface area (TPSA) is 54.3 Å². The third-order valence-electron chi connectivity index (χ3n) is 2.64. The number of aryl methyl sites for hydroxylation is 1. The summed E-state index contributed by atoms with van der Waals surface area (Å²) in [5.74, 6) is -0.242. The molecule has 2 N–H and O–H groups in total. The van der Waals surface area contributed by atoms with Gasteiger partial charge in [0.2, 0.25) is 0 Å². The molecule has 1 aromatic heterocycles. The first-order valence-corrected chi connectivity index (χ1v) is 6.84. The fourth-order valence-electron chi connectivity index (χ4n) is 1.71. The van der Waals surface area contributed by atoms with Crippen LogP contribution in [0.3, 0.4) is 0 Å². The maximum Gasteiger partial charge on any atom is 0.272 e. The molecule has 2 rings (SSSR count). The van der Waals surface area contributed by atoms with E-state index in [1.807, 2.05) is 17.7 Å². The quantitative estimate of drug-likeness (QED) is 0.831. The van der Waals surface area contributed by atoms with Gasteiger partial charge in [0.1, 0.15) is 11.4 Å². The summed E-state index contributed by atoms with van der Waals surface area (Å²) in [5, 5.41) is 12.3. The van der Waals surface area contributed by atoms with E-state index in [2.05, 4.69) is 21.2 Å². The van der Waals surface area contributed by atoms with Crippen LogP contribution in [0, 0.1) is 0 Å². The average Bonchev–Trinajstić information content (AvgIpc) is 2.75. The van der Waals surface area contributed by atoms with Crippen molar-refractivity contribution in [3.05, 3.63) is 45.7 Å². The van der Waals surface area contributed by atoms with Crippen molar-refractivity contribution in [3.63, 3.8) is 0 Å². The lowest BCUT2D eigenvalue weighted by Crippen LogP contribution is -2.16. The first-order valence-electron chi connectivity index (χ1n) is 5.66. The van der Waals surface area contributed by atoms with Crippen LogP contribution in [0.15, 0.2) is 34.9 Å². The van der Waals surface area contributed by atoms with Gasteiger partial charge < -0.3 is 15.0 Å². The van der Waals surface area contributed by atoms with Gasteiger partial charge in [-0.3, -0.25) is 4.79 Å². The van der Waals surface area contributed by atoms with Crippen molar-refractivity contribution in [2.45, 2.75) is 13.5 Å². The second kappa shape index (κ2) is 5.67. The van der Waals surface area contributed by atoms with Crippen LogP contribution in [0.25, 0.3) is 0 Å². The van der Waals surface area contributed by atoms with Crippen molar-refractivity contribution in [2.75, 3.05) is 5.32 Å². The molecule has 19 heavy (non-hydrogen) atoms. The summed E-state index contributed by atoms with van der Waals surface area (Å²) in [6, 6.07) is 6.28. The molecule has 0 radical (unpaired) electrons. The van der Waals surface area contributed by atoms with Gasteiger partial charge in [-0.25, -0.2) is 0 Å². The third kappa shape index (κ3) is 3.11. The van der Waals surface area contributed by atoms with Gasteiger partial charge in [-0.2, -0.15) is 0 Å². The van der Waals surface area contributed by atoms with Crippen LogP contribution in [-0.4, -0.2) is 15.6 Å². The highest BCUT2D eigenvalue weighted by molar-refractivity contribution is 9.10. The molecule has 1 amide bonds. The lowest BCUT2D eigenvalue weighted by atomic mass is 10.3. The molecular formula is C13H12BrClN2O2. The molecule has 1 aromatic carbocycles. The van der Waals surface area contributed by atoms with Crippen molar-refractivity contribution in [1.29, 1.82) is 0 Å². The Labute approximate surface area is 124 Å². The molecule has 0 bridgehead atoms. The Morgan fingerprint density at radius 1 is 1.47 bits per heavy atom. The number of carbonyl (C=O) groups excluding carboxylic acids is 1. The van der Waals surface area contributed by atoms with Gasteiger partial charge in [-0.1, -0.05) is 11.6 Å². The van der Waals surface area contributed by atoms with Crippen LogP contribution in [0.5, 0.6) is 5.75 Å². The average molecular weight is 344 g/mol. The van der Waals surface area contributed by atoms with Gasteiger partial charge in [0.05, 0.1) is 5.02 Å². The normalized spacial score (nSPS) is 10.5. The van der Waals surface area contributed by atoms with E-state index in [0.717, 1.165) is 4.47 Å². The monoisotopic (exact) mass is 342 g/mol. The minimum Gasteiger partial charge on any atom is -0.506 e. The lowest BCUT2D eigenvalue weighted by molar-refractivity contribution is 0.101. The van der Waals surface area contributed by atoms with Gasteiger partial charge in [0, 0.05) is 22.9 Å². The molecule has 100 valence electrons. The molecule has 0 aliphatic carbocycles. The van der Waals surface area contributed by atoms with Crippen LogP contribution in [0.1, 0.15) is 17.4 Å². The van der Waals surface area contributed by atoms with Gasteiger partial charge in [0.25, 0.3) is 5.91 Å². The predicted octanol–water partition coefficient (Wildman–Crippen LogP) is 3.88. The summed E-state index contributed by atoms with van der Waals surface area (Å²) in [7, 11) is 0. The molecule has 0 spiro atoms. The molecule has 0 saturated heterocycles. The zero-order chi connectivity index (χ0) is 14.0. The van der Waals surface area contributed by atoms with Crippen LogP contribution in [-0.2, 0) is 6.54 Å². The van der Waals surface area contributed by atoms with E-state index >= 15 is 0 Å². The van der Waals surface area contributed by atoms with Gasteiger partial charge >= 0.3 is 0 Å². The van der Waals surface area contributed by atoms with Gasteiger partial charge in [-0.05, 0) is 47.1 Å². The number of aromatic nitrogens is 1. The lowest BCUT2D eigenvalue weighted by Gasteiger charge is -2.08.